The molecule has 0 fully saturated rings. The molecule has 0 aliphatic heterocycles. The van der Waals surface area contributed by atoms with Crippen LogP contribution in [0.15, 0.2) is 18.7 Å². The lowest BCUT2D eigenvalue weighted by Gasteiger charge is -2.00. The molecule has 0 amide bonds. The summed E-state index contributed by atoms with van der Waals surface area (Å²) in [6.45, 7) is 0.896. The lowest BCUT2D eigenvalue weighted by atomic mass is 10.8. The third-order valence-corrected chi connectivity index (χ3v) is 1.04. The van der Waals surface area contributed by atoms with Crippen LogP contribution < -0.4 is 0 Å². The largest absolute Gasteiger partial charge is 0.394 e. The predicted molar refractivity (Wildman–Crippen MR) is 35.3 cm³/mol. The second kappa shape index (κ2) is 4.03. The van der Waals surface area contributed by atoms with E-state index in [1.54, 1.807) is 23.3 Å². The summed E-state index contributed by atoms with van der Waals surface area (Å²) in [5, 5.41) is 8.35. The molecule has 4 heteroatoms. The van der Waals surface area contributed by atoms with Crippen LogP contribution >= 0.6 is 0 Å². The zero-order valence-electron chi connectivity index (χ0n) is 5.60. The van der Waals surface area contributed by atoms with Gasteiger partial charge in [0.05, 0.1) is 19.5 Å². The van der Waals surface area contributed by atoms with Gasteiger partial charge in [0.2, 0.25) is 0 Å². The van der Waals surface area contributed by atoms with E-state index < -0.39 is 0 Å². The number of rotatable bonds is 4. The highest BCUT2D eigenvalue weighted by atomic mass is 16.5. The molecule has 0 saturated heterocycles. The lowest BCUT2D eigenvalue weighted by Crippen LogP contribution is -2.03. The molecule has 0 unspecified atom stereocenters. The maximum atomic E-state index is 8.35. The smallest absolute Gasteiger partial charge is 0.123 e. The molecule has 0 aromatic carbocycles. The maximum Gasteiger partial charge on any atom is 0.123 e. The fourth-order valence-corrected chi connectivity index (χ4v) is 0.598. The molecule has 0 atom stereocenters. The maximum absolute atomic E-state index is 8.35. The normalized spacial score (nSPS) is 10.1. The van der Waals surface area contributed by atoms with Gasteiger partial charge >= 0.3 is 0 Å². The molecule has 0 bridgehead atoms. The van der Waals surface area contributed by atoms with E-state index in [1.807, 2.05) is 0 Å². The Kier molecular flexibility index (Phi) is 2.92. The van der Waals surface area contributed by atoms with Crippen LogP contribution in [0.2, 0.25) is 0 Å². The van der Waals surface area contributed by atoms with Gasteiger partial charge in [-0.2, -0.15) is 0 Å². The summed E-state index contributed by atoms with van der Waals surface area (Å²) in [6.07, 6.45) is 5.15. The number of ether oxygens (including phenoxy) is 1. The number of aliphatic hydroxyl groups is 1. The van der Waals surface area contributed by atoms with E-state index in [4.69, 9.17) is 9.84 Å². The Morgan fingerprint density at radius 1 is 1.60 bits per heavy atom. The molecular weight excluding hydrogens is 132 g/mol. The van der Waals surface area contributed by atoms with Gasteiger partial charge in [-0.15, -0.1) is 0 Å². The molecule has 56 valence electrons. The van der Waals surface area contributed by atoms with Crippen molar-refractivity contribution in [1.82, 2.24) is 9.55 Å². The first-order valence-electron chi connectivity index (χ1n) is 3.08. The standard InChI is InChI=1S/C6H10N2O2/c9-3-4-10-6-8-2-1-7-5-8/h1-2,5,9H,3-4,6H2. The fraction of sp³-hybridized carbons (Fsp3) is 0.500. The summed E-state index contributed by atoms with van der Waals surface area (Å²) in [4.78, 5) is 3.82. The van der Waals surface area contributed by atoms with Crippen LogP contribution in [-0.4, -0.2) is 27.9 Å². The quantitative estimate of drug-likeness (QED) is 0.595. The minimum atomic E-state index is 0.0642. The first kappa shape index (κ1) is 7.24. The monoisotopic (exact) mass is 142 g/mol. The number of imidazole rings is 1. The molecule has 1 N–H and O–H groups in total. The molecule has 0 aliphatic carbocycles. The molecular formula is C6H10N2O2. The Bertz CT molecular complexity index is 162. The van der Waals surface area contributed by atoms with Gasteiger partial charge < -0.3 is 14.4 Å². The van der Waals surface area contributed by atoms with Gasteiger partial charge in [-0.1, -0.05) is 0 Å². The van der Waals surface area contributed by atoms with E-state index in [0.29, 0.717) is 13.3 Å². The van der Waals surface area contributed by atoms with E-state index >= 15 is 0 Å². The van der Waals surface area contributed by atoms with Crippen molar-refractivity contribution >= 4 is 0 Å². The summed E-state index contributed by atoms with van der Waals surface area (Å²) in [5.41, 5.74) is 0. The van der Waals surface area contributed by atoms with Gasteiger partial charge in [-0.05, 0) is 0 Å². The van der Waals surface area contributed by atoms with Crippen molar-refractivity contribution in [2.24, 2.45) is 0 Å². The summed E-state index contributed by atoms with van der Waals surface area (Å²) >= 11 is 0. The average Bonchev–Trinajstić information content (AvgIpc) is 2.41. The fourth-order valence-electron chi connectivity index (χ4n) is 0.598. The zero-order chi connectivity index (χ0) is 7.23. The van der Waals surface area contributed by atoms with Gasteiger partial charge in [0.15, 0.2) is 0 Å². The van der Waals surface area contributed by atoms with E-state index in [0.717, 1.165) is 0 Å². The first-order chi connectivity index (χ1) is 4.93. The summed E-state index contributed by atoms with van der Waals surface area (Å²) in [7, 11) is 0. The van der Waals surface area contributed by atoms with Crippen LogP contribution in [0.5, 0.6) is 0 Å². The van der Waals surface area contributed by atoms with Gasteiger partial charge in [0.25, 0.3) is 0 Å². The Morgan fingerprint density at radius 2 is 2.50 bits per heavy atom. The molecule has 0 aliphatic rings. The summed E-state index contributed by atoms with van der Waals surface area (Å²) < 4.78 is 6.79. The number of hydrogen-bond donors (Lipinski definition) is 1. The average molecular weight is 142 g/mol. The van der Waals surface area contributed by atoms with Crippen molar-refractivity contribution in [3.8, 4) is 0 Å². The van der Waals surface area contributed by atoms with Crippen molar-refractivity contribution in [3.05, 3.63) is 18.7 Å². The number of hydrogen-bond acceptors (Lipinski definition) is 3. The van der Waals surface area contributed by atoms with Crippen LogP contribution in [0.25, 0.3) is 0 Å². The zero-order valence-corrected chi connectivity index (χ0v) is 5.60. The Balaban J connectivity index is 2.15. The lowest BCUT2D eigenvalue weighted by molar-refractivity contribution is 0.0481. The molecule has 0 radical (unpaired) electrons. The summed E-state index contributed by atoms with van der Waals surface area (Å²) in [6, 6.07) is 0. The van der Waals surface area contributed by atoms with E-state index in [-0.39, 0.29) is 6.61 Å². The highest BCUT2D eigenvalue weighted by Crippen LogP contribution is 1.85. The van der Waals surface area contributed by atoms with Gasteiger partial charge in [-0.25, -0.2) is 4.98 Å². The minimum Gasteiger partial charge on any atom is -0.394 e. The third kappa shape index (κ3) is 2.16. The van der Waals surface area contributed by atoms with Crippen molar-refractivity contribution in [2.75, 3.05) is 13.2 Å². The van der Waals surface area contributed by atoms with E-state index in [2.05, 4.69) is 4.98 Å². The van der Waals surface area contributed by atoms with Gasteiger partial charge in [0.1, 0.15) is 6.73 Å². The second-order valence-electron chi connectivity index (χ2n) is 1.84. The number of nitrogens with zero attached hydrogens (tertiary/aromatic N) is 2. The third-order valence-electron chi connectivity index (χ3n) is 1.04. The minimum absolute atomic E-state index is 0.0642. The van der Waals surface area contributed by atoms with E-state index in [1.165, 1.54) is 0 Å². The molecule has 4 nitrogen and oxygen atoms in total. The number of aromatic nitrogens is 2. The predicted octanol–water partition coefficient (Wildman–Crippen LogP) is -0.151. The van der Waals surface area contributed by atoms with Crippen molar-refractivity contribution in [2.45, 2.75) is 6.73 Å². The Hall–Kier alpha value is -0.870. The van der Waals surface area contributed by atoms with Crippen LogP contribution in [0.4, 0.5) is 0 Å². The topological polar surface area (TPSA) is 47.3 Å². The molecule has 10 heavy (non-hydrogen) atoms. The molecule has 1 rings (SSSR count). The van der Waals surface area contributed by atoms with E-state index in [9.17, 15) is 0 Å². The second-order valence-corrected chi connectivity index (χ2v) is 1.84. The van der Waals surface area contributed by atoms with Crippen LogP contribution in [0, 0.1) is 0 Å². The highest BCUT2D eigenvalue weighted by molar-refractivity contribution is 4.71. The summed E-state index contributed by atoms with van der Waals surface area (Å²) in [5.74, 6) is 0. The Morgan fingerprint density at radius 3 is 3.10 bits per heavy atom. The van der Waals surface area contributed by atoms with Gasteiger partial charge in [0, 0.05) is 12.4 Å². The molecule has 1 heterocycles. The van der Waals surface area contributed by atoms with Crippen LogP contribution in [0.3, 0.4) is 0 Å². The number of aliphatic hydroxyl groups excluding tert-OH is 1. The molecule has 0 spiro atoms. The van der Waals surface area contributed by atoms with Crippen LogP contribution in [-0.2, 0) is 11.5 Å². The molecule has 1 aromatic heterocycles. The molecule has 1 aromatic rings. The van der Waals surface area contributed by atoms with Crippen molar-refractivity contribution in [3.63, 3.8) is 0 Å². The highest BCUT2D eigenvalue weighted by Gasteiger charge is 1.86. The van der Waals surface area contributed by atoms with Gasteiger partial charge in [-0.3, -0.25) is 0 Å². The Labute approximate surface area is 59.1 Å². The van der Waals surface area contributed by atoms with Crippen LogP contribution in [0.1, 0.15) is 0 Å². The molecule has 0 saturated carbocycles. The van der Waals surface area contributed by atoms with Crippen molar-refractivity contribution in [1.29, 1.82) is 0 Å². The van der Waals surface area contributed by atoms with Crippen molar-refractivity contribution < 1.29 is 9.84 Å². The first-order valence-corrected chi connectivity index (χ1v) is 3.08. The SMILES string of the molecule is OCCOCn1ccnc1.